The van der Waals surface area contributed by atoms with Gasteiger partial charge < -0.3 is 4.90 Å². The molecule has 0 bridgehead atoms. The van der Waals surface area contributed by atoms with Crippen molar-refractivity contribution in [1.29, 1.82) is 0 Å². The van der Waals surface area contributed by atoms with Gasteiger partial charge in [0.15, 0.2) is 0 Å². The number of aromatic nitrogens is 2. The van der Waals surface area contributed by atoms with Crippen LogP contribution < -0.4 is 0 Å². The molecular formula is C15H19N3OS. The Kier molecular flexibility index (Phi) is 4.84. The summed E-state index contributed by atoms with van der Waals surface area (Å²) in [5, 5.41) is 0.881. The number of hydrogen-bond donors (Lipinski definition) is 0. The largest absolute Gasteiger partial charge is 0.343 e. The summed E-state index contributed by atoms with van der Waals surface area (Å²) in [6, 6.07) is 3.94. The Labute approximate surface area is 123 Å². The van der Waals surface area contributed by atoms with Crippen LogP contribution in [0.2, 0.25) is 0 Å². The van der Waals surface area contributed by atoms with E-state index in [1.807, 2.05) is 37.8 Å². The topological polar surface area (TPSA) is 46.1 Å². The van der Waals surface area contributed by atoms with Crippen LogP contribution in [0.1, 0.15) is 24.5 Å². The van der Waals surface area contributed by atoms with Gasteiger partial charge >= 0.3 is 0 Å². The second kappa shape index (κ2) is 6.61. The van der Waals surface area contributed by atoms with E-state index in [1.54, 1.807) is 23.7 Å². The van der Waals surface area contributed by atoms with Crippen molar-refractivity contribution in [2.45, 2.75) is 27.2 Å². The van der Waals surface area contributed by atoms with Gasteiger partial charge in [-0.3, -0.25) is 9.78 Å². The van der Waals surface area contributed by atoms with Gasteiger partial charge in [0.1, 0.15) is 5.01 Å². The molecule has 0 aliphatic rings. The average molecular weight is 289 g/mol. The SMILES string of the molecule is CCN(CC)C(=O)Cc1nc(C)c(-c2ccncc2)s1. The zero-order chi connectivity index (χ0) is 14.5. The quantitative estimate of drug-likeness (QED) is 0.850. The number of amides is 1. The van der Waals surface area contributed by atoms with Gasteiger partial charge in [0.05, 0.1) is 17.0 Å². The molecule has 0 saturated heterocycles. The molecule has 2 rings (SSSR count). The van der Waals surface area contributed by atoms with Gasteiger partial charge in [0.25, 0.3) is 0 Å². The second-order valence-electron chi connectivity index (χ2n) is 4.50. The lowest BCUT2D eigenvalue weighted by atomic mass is 10.2. The highest BCUT2D eigenvalue weighted by atomic mass is 32.1. The van der Waals surface area contributed by atoms with Crippen LogP contribution in [0.25, 0.3) is 10.4 Å². The molecule has 106 valence electrons. The van der Waals surface area contributed by atoms with Crippen molar-refractivity contribution >= 4 is 17.2 Å². The first-order chi connectivity index (χ1) is 9.65. The lowest BCUT2D eigenvalue weighted by molar-refractivity contribution is -0.130. The smallest absolute Gasteiger partial charge is 0.229 e. The van der Waals surface area contributed by atoms with Gasteiger partial charge in [0, 0.05) is 25.5 Å². The molecule has 20 heavy (non-hydrogen) atoms. The van der Waals surface area contributed by atoms with Crippen molar-refractivity contribution in [2.24, 2.45) is 0 Å². The fourth-order valence-corrected chi connectivity index (χ4v) is 3.18. The van der Waals surface area contributed by atoms with Gasteiger partial charge in [0.2, 0.25) is 5.91 Å². The molecule has 0 radical (unpaired) electrons. The Morgan fingerprint density at radius 1 is 1.25 bits per heavy atom. The molecule has 1 amide bonds. The maximum Gasteiger partial charge on any atom is 0.229 e. The summed E-state index contributed by atoms with van der Waals surface area (Å²) in [5.74, 6) is 0.144. The fourth-order valence-electron chi connectivity index (χ4n) is 2.12. The summed E-state index contributed by atoms with van der Waals surface area (Å²) in [6.45, 7) is 7.47. The molecule has 0 spiro atoms. The highest BCUT2D eigenvalue weighted by Gasteiger charge is 2.15. The van der Waals surface area contributed by atoms with Crippen LogP contribution in [0.4, 0.5) is 0 Å². The number of aryl methyl sites for hydroxylation is 1. The monoisotopic (exact) mass is 289 g/mol. The minimum atomic E-state index is 0.144. The molecule has 0 atom stereocenters. The molecule has 0 aromatic carbocycles. The third-order valence-electron chi connectivity index (χ3n) is 3.20. The molecule has 2 aromatic rings. The number of carbonyl (C=O) groups is 1. The molecule has 0 aliphatic carbocycles. The van der Waals surface area contributed by atoms with Crippen molar-refractivity contribution in [2.75, 3.05) is 13.1 Å². The number of hydrogen-bond acceptors (Lipinski definition) is 4. The number of thiazole rings is 1. The first-order valence-corrected chi connectivity index (χ1v) is 7.61. The van der Waals surface area contributed by atoms with Gasteiger partial charge in [-0.15, -0.1) is 11.3 Å². The van der Waals surface area contributed by atoms with Crippen LogP contribution in [0.3, 0.4) is 0 Å². The second-order valence-corrected chi connectivity index (χ2v) is 5.58. The van der Waals surface area contributed by atoms with E-state index in [0.717, 1.165) is 34.2 Å². The lowest BCUT2D eigenvalue weighted by Gasteiger charge is -2.17. The van der Waals surface area contributed by atoms with E-state index in [2.05, 4.69) is 9.97 Å². The first-order valence-electron chi connectivity index (χ1n) is 6.80. The van der Waals surface area contributed by atoms with Crippen LogP contribution >= 0.6 is 11.3 Å². The minimum Gasteiger partial charge on any atom is -0.343 e. The summed E-state index contributed by atoms with van der Waals surface area (Å²) in [5.41, 5.74) is 2.08. The number of pyridine rings is 1. The summed E-state index contributed by atoms with van der Waals surface area (Å²) in [6.07, 6.45) is 3.93. The summed E-state index contributed by atoms with van der Waals surface area (Å²) < 4.78 is 0. The molecular weight excluding hydrogens is 270 g/mol. The summed E-state index contributed by atoms with van der Waals surface area (Å²) in [7, 11) is 0. The van der Waals surface area contributed by atoms with Crippen molar-refractivity contribution < 1.29 is 4.79 Å². The predicted molar refractivity (Wildman–Crippen MR) is 81.7 cm³/mol. The average Bonchev–Trinajstić information content (AvgIpc) is 2.82. The predicted octanol–water partition coefficient (Wildman–Crippen LogP) is 2.92. The lowest BCUT2D eigenvalue weighted by Crippen LogP contribution is -2.31. The van der Waals surface area contributed by atoms with E-state index in [9.17, 15) is 4.79 Å². The molecule has 0 unspecified atom stereocenters. The van der Waals surface area contributed by atoms with Crippen LogP contribution in [0.5, 0.6) is 0 Å². The highest BCUT2D eigenvalue weighted by molar-refractivity contribution is 7.15. The Balaban J connectivity index is 2.18. The minimum absolute atomic E-state index is 0.144. The maximum absolute atomic E-state index is 12.1. The Morgan fingerprint density at radius 2 is 1.90 bits per heavy atom. The summed E-state index contributed by atoms with van der Waals surface area (Å²) in [4.78, 5) is 23.6. The molecule has 2 heterocycles. The van der Waals surface area contributed by atoms with Gasteiger partial charge in [-0.1, -0.05) is 0 Å². The molecule has 0 fully saturated rings. The zero-order valence-corrected chi connectivity index (χ0v) is 12.9. The normalized spacial score (nSPS) is 10.6. The van der Waals surface area contributed by atoms with Crippen molar-refractivity contribution in [3.63, 3.8) is 0 Å². The Hall–Kier alpha value is -1.75. The highest BCUT2D eigenvalue weighted by Crippen LogP contribution is 2.29. The molecule has 2 aromatic heterocycles. The van der Waals surface area contributed by atoms with Crippen LogP contribution in [-0.4, -0.2) is 33.9 Å². The molecule has 4 nitrogen and oxygen atoms in total. The van der Waals surface area contributed by atoms with E-state index in [0.29, 0.717) is 6.42 Å². The number of likely N-dealkylation sites (N-methyl/N-ethyl adjacent to an activating group) is 1. The number of carbonyl (C=O) groups excluding carboxylic acids is 1. The molecule has 0 aliphatic heterocycles. The van der Waals surface area contributed by atoms with Crippen LogP contribution in [0.15, 0.2) is 24.5 Å². The zero-order valence-electron chi connectivity index (χ0n) is 12.1. The van der Waals surface area contributed by atoms with Crippen LogP contribution in [0, 0.1) is 6.92 Å². The third kappa shape index (κ3) is 3.22. The number of nitrogens with zero attached hydrogens (tertiary/aromatic N) is 3. The fraction of sp³-hybridized carbons (Fsp3) is 0.400. The van der Waals surface area contributed by atoms with Gasteiger partial charge in [-0.25, -0.2) is 4.98 Å². The van der Waals surface area contributed by atoms with Crippen LogP contribution in [-0.2, 0) is 11.2 Å². The third-order valence-corrected chi connectivity index (χ3v) is 4.41. The van der Waals surface area contributed by atoms with E-state index in [4.69, 9.17) is 0 Å². The molecule has 0 saturated carbocycles. The Morgan fingerprint density at radius 3 is 2.50 bits per heavy atom. The summed E-state index contributed by atoms with van der Waals surface area (Å²) >= 11 is 1.59. The van der Waals surface area contributed by atoms with E-state index in [-0.39, 0.29) is 5.91 Å². The van der Waals surface area contributed by atoms with Crippen molar-refractivity contribution in [3.05, 3.63) is 35.2 Å². The maximum atomic E-state index is 12.1. The standard InChI is InChI=1S/C15H19N3OS/c1-4-18(5-2)14(19)10-13-17-11(3)15(20-13)12-6-8-16-9-7-12/h6-9H,4-5,10H2,1-3H3. The van der Waals surface area contributed by atoms with Gasteiger partial charge in [-0.2, -0.15) is 0 Å². The van der Waals surface area contributed by atoms with Gasteiger partial charge in [-0.05, 0) is 38.5 Å². The number of rotatable bonds is 5. The van der Waals surface area contributed by atoms with Crippen molar-refractivity contribution in [3.8, 4) is 10.4 Å². The first kappa shape index (κ1) is 14.7. The van der Waals surface area contributed by atoms with E-state index in [1.165, 1.54) is 0 Å². The van der Waals surface area contributed by atoms with E-state index < -0.39 is 0 Å². The Bertz CT molecular complexity index is 576. The van der Waals surface area contributed by atoms with E-state index >= 15 is 0 Å². The van der Waals surface area contributed by atoms with Crippen molar-refractivity contribution in [1.82, 2.24) is 14.9 Å². The molecule has 0 N–H and O–H groups in total. The molecule has 5 heteroatoms.